The van der Waals surface area contributed by atoms with Crippen LogP contribution in [0.4, 0.5) is 0 Å². The Kier molecular flexibility index (Phi) is 9.78. The first-order chi connectivity index (χ1) is 19.9. The summed E-state index contributed by atoms with van der Waals surface area (Å²) in [5, 5.41) is 22.4. The van der Waals surface area contributed by atoms with Crippen LogP contribution >= 0.6 is 0 Å². The van der Waals surface area contributed by atoms with Gasteiger partial charge in [0.2, 0.25) is 5.91 Å². The molecule has 0 saturated carbocycles. The highest BCUT2D eigenvalue weighted by Gasteiger charge is 2.34. The number of phenolic OH excluding ortho intramolecular Hbond substituents is 2. The third kappa shape index (κ3) is 8.50. The number of aromatic hydroxyl groups is 2. The molecule has 41 heavy (non-hydrogen) atoms. The molecule has 6 nitrogen and oxygen atoms in total. The molecule has 4 aromatic rings. The van der Waals surface area contributed by atoms with Crippen LogP contribution in [0.1, 0.15) is 28.3 Å². The van der Waals surface area contributed by atoms with Crippen LogP contribution in [0.5, 0.6) is 11.5 Å². The molecule has 1 unspecified atom stereocenters. The molecule has 204 valence electrons. The van der Waals surface area contributed by atoms with Crippen molar-refractivity contribution in [1.82, 2.24) is 5.32 Å². The second kappa shape index (κ2) is 14.1. The maximum absolute atomic E-state index is 13.7. The van der Waals surface area contributed by atoms with Gasteiger partial charge in [-0.1, -0.05) is 97.1 Å². The SMILES string of the molecule is O=C(C=Cc1ccccc1)NC(c1ccccc1)C(C(=O)C=Cc1cccc(O)c1)C(=O)C=Cc1cccc(O)c1. The summed E-state index contributed by atoms with van der Waals surface area (Å²) in [6, 6.07) is 29.9. The second-order valence-electron chi connectivity index (χ2n) is 9.28. The first-order valence-electron chi connectivity index (χ1n) is 13.0. The van der Waals surface area contributed by atoms with E-state index in [4.69, 9.17) is 0 Å². The van der Waals surface area contributed by atoms with Crippen molar-refractivity contribution in [1.29, 1.82) is 0 Å². The zero-order valence-electron chi connectivity index (χ0n) is 22.1. The molecule has 0 bridgehead atoms. The summed E-state index contributed by atoms with van der Waals surface area (Å²) < 4.78 is 0. The second-order valence-corrected chi connectivity index (χ2v) is 9.28. The van der Waals surface area contributed by atoms with Gasteiger partial charge in [-0.15, -0.1) is 0 Å². The number of hydrogen-bond donors (Lipinski definition) is 3. The molecule has 0 aliphatic carbocycles. The van der Waals surface area contributed by atoms with Crippen LogP contribution < -0.4 is 5.32 Å². The highest BCUT2D eigenvalue weighted by Crippen LogP contribution is 2.26. The Balaban J connectivity index is 1.69. The van der Waals surface area contributed by atoms with Crippen LogP contribution in [0.2, 0.25) is 0 Å². The molecule has 0 aliphatic heterocycles. The number of benzene rings is 4. The van der Waals surface area contributed by atoms with Crippen molar-refractivity contribution in [2.45, 2.75) is 6.04 Å². The Labute approximate surface area is 238 Å². The first kappa shape index (κ1) is 28.5. The zero-order valence-corrected chi connectivity index (χ0v) is 22.1. The smallest absolute Gasteiger partial charge is 0.244 e. The van der Waals surface area contributed by atoms with Gasteiger partial charge in [0.05, 0.1) is 6.04 Å². The molecule has 4 rings (SSSR count). The summed E-state index contributed by atoms with van der Waals surface area (Å²) in [6.45, 7) is 0. The Bertz CT molecular complexity index is 1520. The Morgan fingerprint density at radius 2 is 1.02 bits per heavy atom. The van der Waals surface area contributed by atoms with E-state index >= 15 is 0 Å². The quantitative estimate of drug-likeness (QED) is 0.156. The van der Waals surface area contributed by atoms with E-state index in [9.17, 15) is 24.6 Å². The average molecular weight is 544 g/mol. The van der Waals surface area contributed by atoms with Crippen LogP contribution in [0.3, 0.4) is 0 Å². The molecule has 0 radical (unpaired) electrons. The summed E-state index contributed by atoms with van der Waals surface area (Å²) >= 11 is 0. The summed E-state index contributed by atoms with van der Waals surface area (Å²) in [4.78, 5) is 40.4. The number of allylic oxidation sites excluding steroid dienone is 2. The third-order valence-corrected chi connectivity index (χ3v) is 6.25. The lowest BCUT2D eigenvalue weighted by Crippen LogP contribution is -2.39. The van der Waals surface area contributed by atoms with Gasteiger partial charge in [-0.05, 0) is 64.7 Å². The maximum atomic E-state index is 13.7. The minimum absolute atomic E-state index is 0.0425. The van der Waals surface area contributed by atoms with E-state index in [0.29, 0.717) is 16.7 Å². The van der Waals surface area contributed by atoms with Crippen LogP contribution in [0.25, 0.3) is 18.2 Å². The summed E-state index contributed by atoms with van der Waals surface area (Å²) in [5.41, 5.74) is 2.56. The van der Waals surface area contributed by atoms with Crippen molar-refractivity contribution in [3.8, 4) is 11.5 Å². The first-order valence-corrected chi connectivity index (χ1v) is 13.0. The van der Waals surface area contributed by atoms with E-state index < -0.39 is 29.4 Å². The number of phenols is 2. The van der Waals surface area contributed by atoms with Crippen molar-refractivity contribution in [2.75, 3.05) is 0 Å². The molecule has 0 spiro atoms. The van der Waals surface area contributed by atoms with Gasteiger partial charge in [0, 0.05) is 6.08 Å². The van der Waals surface area contributed by atoms with Gasteiger partial charge in [-0.25, -0.2) is 0 Å². The third-order valence-electron chi connectivity index (χ3n) is 6.25. The molecule has 1 atom stereocenters. The van der Waals surface area contributed by atoms with Crippen molar-refractivity contribution >= 4 is 35.7 Å². The monoisotopic (exact) mass is 543 g/mol. The molecular formula is C35H29NO5. The number of ketones is 2. The lowest BCUT2D eigenvalue weighted by molar-refractivity contribution is -0.129. The van der Waals surface area contributed by atoms with Gasteiger partial charge < -0.3 is 15.5 Å². The van der Waals surface area contributed by atoms with Crippen molar-refractivity contribution in [3.63, 3.8) is 0 Å². The number of carbonyl (C=O) groups is 3. The van der Waals surface area contributed by atoms with Crippen LogP contribution in [0, 0.1) is 5.92 Å². The topological polar surface area (TPSA) is 104 Å². The van der Waals surface area contributed by atoms with Crippen molar-refractivity contribution in [3.05, 3.63) is 150 Å². The number of amides is 1. The highest BCUT2D eigenvalue weighted by atomic mass is 16.3. The molecule has 0 aromatic heterocycles. The van der Waals surface area contributed by atoms with Gasteiger partial charge in [-0.2, -0.15) is 0 Å². The normalized spacial score (nSPS) is 12.9. The maximum Gasteiger partial charge on any atom is 0.244 e. The van der Waals surface area contributed by atoms with Crippen molar-refractivity contribution in [2.24, 2.45) is 5.92 Å². The lowest BCUT2D eigenvalue weighted by atomic mass is 9.85. The van der Waals surface area contributed by atoms with Crippen LogP contribution in [-0.2, 0) is 14.4 Å². The molecule has 3 N–H and O–H groups in total. The fourth-order valence-electron chi connectivity index (χ4n) is 4.25. The average Bonchev–Trinajstić information content (AvgIpc) is 2.98. The van der Waals surface area contributed by atoms with Gasteiger partial charge in [0.25, 0.3) is 0 Å². The molecule has 0 aliphatic rings. The van der Waals surface area contributed by atoms with E-state index in [1.54, 1.807) is 60.7 Å². The minimum atomic E-state index is -1.30. The summed E-state index contributed by atoms with van der Waals surface area (Å²) in [5.74, 6) is -2.74. The number of carbonyl (C=O) groups excluding carboxylic acids is 3. The van der Waals surface area contributed by atoms with E-state index in [0.717, 1.165) is 5.56 Å². The molecular weight excluding hydrogens is 514 g/mol. The van der Waals surface area contributed by atoms with Crippen LogP contribution in [-0.4, -0.2) is 27.7 Å². The summed E-state index contributed by atoms with van der Waals surface area (Å²) in [7, 11) is 0. The molecule has 0 heterocycles. The Hall–Kier alpha value is -5.49. The van der Waals surface area contributed by atoms with Gasteiger partial charge >= 0.3 is 0 Å². The predicted molar refractivity (Wildman–Crippen MR) is 161 cm³/mol. The van der Waals surface area contributed by atoms with E-state index in [1.165, 1.54) is 54.6 Å². The van der Waals surface area contributed by atoms with Gasteiger partial charge in [0.15, 0.2) is 11.6 Å². The fourth-order valence-corrected chi connectivity index (χ4v) is 4.25. The Morgan fingerprint density at radius 1 is 0.561 bits per heavy atom. The van der Waals surface area contributed by atoms with E-state index in [1.807, 2.05) is 30.3 Å². The Morgan fingerprint density at radius 3 is 1.54 bits per heavy atom. The standard InChI is InChI=1S/C35H29NO5/c37-29-15-7-11-26(23-29)17-20-31(39)34(32(40)21-18-27-12-8-16-30(38)24-27)35(28-13-5-2-6-14-28)36-33(41)22-19-25-9-3-1-4-10-25/h1-24,34-35,37-38H,(H,36,41). The van der Waals surface area contributed by atoms with E-state index in [2.05, 4.69) is 5.32 Å². The molecule has 0 fully saturated rings. The van der Waals surface area contributed by atoms with Gasteiger partial charge in [-0.3, -0.25) is 14.4 Å². The zero-order chi connectivity index (χ0) is 29.0. The van der Waals surface area contributed by atoms with E-state index in [-0.39, 0.29) is 11.5 Å². The fraction of sp³-hybridized carbons (Fsp3) is 0.0571. The lowest BCUT2D eigenvalue weighted by Gasteiger charge is -2.25. The molecule has 4 aromatic carbocycles. The predicted octanol–water partition coefficient (Wildman–Crippen LogP) is 6.15. The number of hydrogen-bond acceptors (Lipinski definition) is 5. The molecule has 0 saturated heterocycles. The summed E-state index contributed by atoms with van der Waals surface area (Å²) in [6.07, 6.45) is 8.60. The molecule has 6 heteroatoms. The number of rotatable bonds is 11. The van der Waals surface area contributed by atoms with Crippen molar-refractivity contribution < 1.29 is 24.6 Å². The van der Waals surface area contributed by atoms with Gasteiger partial charge in [0.1, 0.15) is 17.4 Å². The van der Waals surface area contributed by atoms with Crippen LogP contribution in [0.15, 0.2) is 127 Å². The highest BCUT2D eigenvalue weighted by molar-refractivity contribution is 6.14. The molecule has 1 amide bonds. The minimum Gasteiger partial charge on any atom is -0.508 e. The largest absolute Gasteiger partial charge is 0.508 e. The number of nitrogens with one attached hydrogen (secondary N) is 1.